The molecule has 7 heteroatoms. The summed E-state index contributed by atoms with van der Waals surface area (Å²) in [5, 5.41) is 1.74. The zero-order valence-electron chi connectivity index (χ0n) is 15.3. The molecule has 2 N–H and O–H groups in total. The molecule has 0 saturated heterocycles. The van der Waals surface area contributed by atoms with E-state index in [4.69, 9.17) is 9.92 Å². The maximum atomic E-state index is 12.9. The number of nitrogens with zero attached hydrogens (tertiary/aromatic N) is 1. The fraction of sp³-hybridized carbons (Fsp3) is 0.190. The third-order valence-corrected chi connectivity index (χ3v) is 6.31. The first kappa shape index (κ1) is 18.5. The van der Waals surface area contributed by atoms with E-state index in [-0.39, 0.29) is 10.6 Å². The minimum absolute atomic E-state index is 0.0589. The Bertz CT molecular complexity index is 1170. The maximum Gasteiger partial charge on any atom is 0.339 e. The second-order valence-electron chi connectivity index (χ2n) is 6.91. The van der Waals surface area contributed by atoms with Gasteiger partial charge in [-0.15, -0.1) is 0 Å². The highest BCUT2D eigenvalue weighted by Crippen LogP contribution is 2.37. The van der Waals surface area contributed by atoms with Crippen LogP contribution in [0.3, 0.4) is 0 Å². The molecule has 4 rings (SSSR count). The number of carbonyl (C=O) groups is 1. The first-order valence-electron chi connectivity index (χ1n) is 8.91. The van der Waals surface area contributed by atoms with Crippen LogP contribution in [0.5, 0.6) is 5.75 Å². The quantitative estimate of drug-likeness (QED) is 0.685. The lowest BCUT2D eigenvalue weighted by molar-refractivity contribution is -0.123. The van der Waals surface area contributed by atoms with Crippen molar-refractivity contribution >= 4 is 26.8 Å². The van der Waals surface area contributed by atoms with Gasteiger partial charge in [-0.2, -0.15) is 8.42 Å². The van der Waals surface area contributed by atoms with E-state index in [1.54, 1.807) is 36.2 Å². The summed E-state index contributed by atoms with van der Waals surface area (Å²) in [6.45, 7) is 0.654. The minimum atomic E-state index is -4.08. The van der Waals surface area contributed by atoms with Gasteiger partial charge in [-0.25, -0.2) is 0 Å². The van der Waals surface area contributed by atoms with E-state index in [0.29, 0.717) is 18.5 Å². The van der Waals surface area contributed by atoms with E-state index in [1.165, 1.54) is 6.07 Å². The number of carbonyl (C=O) groups excluding carboxylic acids is 1. The van der Waals surface area contributed by atoms with Crippen LogP contribution in [0, 0.1) is 0 Å². The number of primary amides is 1. The lowest BCUT2D eigenvalue weighted by Crippen LogP contribution is -2.40. The molecule has 1 aliphatic rings. The molecule has 3 aromatic carbocycles. The number of hydrogen-bond acceptors (Lipinski definition) is 5. The van der Waals surface area contributed by atoms with E-state index in [2.05, 4.69) is 0 Å². The van der Waals surface area contributed by atoms with Crippen molar-refractivity contribution in [1.29, 1.82) is 0 Å². The maximum absolute atomic E-state index is 12.9. The van der Waals surface area contributed by atoms with Crippen LogP contribution in [0.15, 0.2) is 65.6 Å². The van der Waals surface area contributed by atoms with E-state index in [1.807, 2.05) is 30.3 Å². The summed E-state index contributed by atoms with van der Waals surface area (Å²) in [4.78, 5) is 13.9. The standard InChI is InChI=1S/C21H20N2O4S/c1-23-12-11-15-7-4-8-18(19(15)20(23)21(22)24)27-28(25,26)17-10-9-14-5-2-3-6-16(14)13-17/h2-10,13,20H,11-12H2,1H3,(H2,22,24). The summed E-state index contributed by atoms with van der Waals surface area (Å²) < 4.78 is 31.4. The van der Waals surface area contributed by atoms with E-state index in [9.17, 15) is 13.2 Å². The average Bonchev–Trinajstić information content (AvgIpc) is 2.67. The van der Waals surface area contributed by atoms with Gasteiger partial charge in [0.1, 0.15) is 16.7 Å². The van der Waals surface area contributed by atoms with Crippen molar-refractivity contribution in [2.24, 2.45) is 5.73 Å². The molecule has 0 radical (unpaired) electrons. The fourth-order valence-corrected chi connectivity index (χ4v) is 4.67. The largest absolute Gasteiger partial charge is 0.379 e. The van der Waals surface area contributed by atoms with Crippen LogP contribution in [-0.2, 0) is 21.3 Å². The Morgan fingerprint density at radius 2 is 1.82 bits per heavy atom. The van der Waals surface area contributed by atoms with Gasteiger partial charge >= 0.3 is 10.1 Å². The Balaban J connectivity index is 1.77. The molecule has 6 nitrogen and oxygen atoms in total. The van der Waals surface area contributed by atoms with Gasteiger partial charge in [0, 0.05) is 12.1 Å². The Morgan fingerprint density at radius 3 is 2.57 bits per heavy atom. The molecule has 1 atom stereocenters. The van der Waals surface area contributed by atoms with Crippen molar-refractivity contribution in [3.8, 4) is 5.75 Å². The van der Waals surface area contributed by atoms with Gasteiger partial charge in [0.2, 0.25) is 5.91 Å². The van der Waals surface area contributed by atoms with Crippen LogP contribution in [-0.4, -0.2) is 32.8 Å². The van der Waals surface area contributed by atoms with Crippen molar-refractivity contribution in [3.05, 3.63) is 71.8 Å². The van der Waals surface area contributed by atoms with E-state index < -0.39 is 22.1 Å². The molecular weight excluding hydrogens is 376 g/mol. The van der Waals surface area contributed by atoms with Gasteiger partial charge in [-0.05, 0) is 48.0 Å². The van der Waals surface area contributed by atoms with E-state index >= 15 is 0 Å². The molecule has 0 bridgehead atoms. The van der Waals surface area contributed by atoms with Gasteiger partial charge in [-0.3, -0.25) is 9.69 Å². The highest BCUT2D eigenvalue weighted by atomic mass is 32.2. The SMILES string of the molecule is CN1CCc2cccc(OS(=O)(=O)c3ccc4ccccc4c3)c2C1C(N)=O. The molecule has 144 valence electrons. The first-order valence-corrected chi connectivity index (χ1v) is 10.3. The lowest BCUT2D eigenvalue weighted by atomic mass is 9.92. The number of rotatable bonds is 4. The fourth-order valence-electron chi connectivity index (χ4n) is 3.69. The van der Waals surface area contributed by atoms with Crippen molar-refractivity contribution < 1.29 is 17.4 Å². The smallest absolute Gasteiger partial charge is 0.339 e. The van der Waals surface area contributed by atoms with Gasteiger partial charge in [-0.1, -0.05) is 42.5 Å². The molecule has 0 saturated carbocycles. The first-order chi connectivity index (χ1) is 13.4. The topological polar surface area (TPSA) is 89.7 Å². The number of hydrogen-bond donors (Lipinski definition) is 1. The predicted molar refractivity (Wildman–Crippen MR) is 106 cm³/mol. The molecule has 0 spiro atoms. The number of nitrogens with two attached hydrogens (primary N) is 1. The van der Waals surface area contributed by atoms with Crippen LogP contribution >= 0.6 is 0 Å². The molecule has 1 amide bonds. The van der Waals surface area contributed by atoms with Crippen molar-refractivity contribution in [1.82, 2.24) is 4.90 Å². The molecule has 28 heavy (non-hydrogen) atoms. The Morgan fingerprint density at radius 1 is 1.07 bits per heavy atom. The summed E-state index contributed by atoms with van der Waals surface area (Å²) >= 11 is 0. The summed E-state index contributed by atoms with van der Waals surface area (Å²) in [7, 11) is -2.29. The van der Waals surface area contributed by atoms with Gasteiger partial charge in [0.25, 0.3) is 0 Å². The normalized spacial score (nSPS) is 17.2. The van der Waals surface area contributed by atoms with Gasteiger partial charge < -0.3 is 9.92 Å². The van der Waals surface area contributed by atoms with Crippen molar-refractivity contribution in [2.45, 2.75) is 17.4 Å². The summed E-state index contributed by atoms with van der Waals surface area (Å²) in [6, 6.07) is 16.8. The number of likely N-dealkylation sites (N-methyl/N-ethyl adjacent to an activating group) is 1. The molecule has 0 aromatic heterocycles. The van der Waals surface area contributed by atoms with Crippen LogP contribution in [0.25, 0.3) is 10.8 Å². The van der Waals surface area contributed by atoms with Crippen LogP contribution in [0.2, 0.25) is 0 Å². The Hall–Kier alpha value is -2.90. The highest BCUT2D eigenvalue weighted by Gasteiger charge is 2.33. The molecule has 0 fully saturated rings. The number of amides is 1. The highest BCUT2D eigenvalue weighted by molar-refractivity contribution is 7.87. The lowest BCUT2D eigenvalue weighted by Gasteiger charge is -2.33. The molecule has 3 aromatic rings. The molecule has 1 aliphatic heterocycles. The predicted octanol–water partition coefficient (Wildman–Crippen LogP) is 2.62. The van der Waals surface area contributed by atoms with Gasteiger partial charge in [0.15, 0.2) is 0 Å². The molecular formula is C21H20N2O4S. The van der Waals surface area contributed by atoms with E-state index in [0.717, 1.165) is 16.3 Å². The molecule has 1 heterocycles. The second-order valence-corrected chi connectivity index (χ2v) is 8.46. The Labute approximate surface area is 163 Å². The Kier molecular flexibility index (Phi) is 4.56. The number of fused-ring (bicyclic) bond motifs is 2. The summed E-state index contributed by atoms with van der Waals surface area (Å²) in [5.74, 6) is -0.399. The van der Waals surface area contributed by atoms with Crippen LogP contribution < -0.4 is 9.92 Å². The summed E-state index contributed by atoms with van der Waals surface area (Å²) in [6.07, 6.45) is 0.683. The van der Waals surface area contributed by atoms with Crippen molar-refractivity contribution in [2.75, 3.05) is 13.6 Å². The molecule has 0 aliphatic carbocycles. The third kappa shape index (κ3) is 3.23. The number of benzene rings is 3. The summed E-state index contributed by atoms with van der Waals surface area (Å²) in [5.41, 5.74) is 6.98. The molecule has 1 unspecified atom stereocenters. The van der Waals surface area contributed by atoms with Crippen LogP contribution in [0.4, 0.5) is 0 Å². The van der Waals surface area contributed by atoms with Crippen molar-refractivity contribution in [3.63, 3.8) is 0 Å². The monoisotopic (exact) mass is 396 g/mol. The second kappa shape index (κ2) is 6.92. The average molecular weight is 396 g/mol. The third-order valence-electron chi connectivity index (χ3n) is 5.08. The zero-order valence-corrected chi connectivity index (χ0v) is 16.1. The minimum Gasteiger partial charge on any atom is -0.379 e. The van der Waals surface area contributed by atoms with Crippen LogP contribution in [0.1, 0.15) is 17.2 Å². The zero-order chi connectivity index (χ0) is 19.9. The van der Waals surface area contributed by atoms with Gasteiger partial charge in [0.05, 0.1) is 0 Å².